The second kappa shape index (κ2) is 8.16. The summed E-state index contributed by atoms with van der Waals surface area (Å²) in [4.78, 5) is 33.9. The van der Waals surface area contributed by atoms with E-state index in [4.69, 9.17) is 4.74 Å². The number of carbonyl (C=O) groups is 3. The lowest BCUT2D eigenvalue weighted by Gasteiger charge is -2.12. The van der Waals surface area contributed by atoms with Crippen LogP contribution < -0.4 is 10.6 Å². The van der Waals surface area contributed by atoms with Gasteiger partial charge in [-0.25, -0.2) is 4.79 Å². The number of carbonyl (C=O) groups excluding carboxylic acids is 3. The zero-order chi connectivity index (χ0) is 14.3. The topological polar surface area (TPSA) is 84.5 Å². The van der Waals surface area contributed by atoms with Crippen LogP contribution in [-0.4, -0.2) is 42.1 Å². The van der Waals surface area contributed by atoms with Crippen molar-refractivity contribution < 1.29 is 19.1 Å². The summed E-state index contributed by atoms with van der Waals surface area (Å²) in [6.45, 7) is 3.93. The van der Waals surface area contributed by atoms with Crippen molar-refractivity contribution in [3.8, 4) is 0 Å². The first-order chi connectivity index (χ1) is 9.00. The standard InChI is InChI=1S/C12H20N2O4S/c1-8(6-19-7-14-9(2)15)11(16)18-12(17)10-4-3-5-13-10/h8,10,13H,3-7H2,1-2H3,(H,14,15)/t8?,10-/m0/s1. The minimum atomic E-state index is -0.506. The van der Waals surface area contributed by atoms with Gasteiger partial charge in [-0.05, 0) is 19.4 Å². The molecule has 0 saturated carbocycles. The highest BCUT2D eigenvalue weighted by Gasteiger charge is 2.27. The maximum atomic E-state index is 11.7. The van der Waals surface area contributed by atoms with Crippen LogP contribution in [-0.2, 0) is 19.1 Å². The molecule has 0 aromatic heterocycles. The second-order valence-corrected chi connectivity index (χ2v) is 5.57. The molecule has 1 rings (SSSR count). The van der Waals surface area contributed by atoms with E-state index in [1.54, 1.807) is 6.92 Å². The van der Waals surface area contributed by atoms with Crippen LogP contribution in [0.25, 0.3) is 0 Å². The van der Waals surface area contributed by atoms with E-state index in [2.05, 4.69) is 10.6 Å². The number of ether oxygens (including phenoxy) is 1. The van der Waals surface area contributed by atoms with Crippen LogP contribution >= 0.6 is 11.8 Å². The first-order valence-electron chi connectivity index (χ1n) is 6.31. The van der Waals surface area contributed by atoms with Gasteiger partial charge >= 0.3 is 11.9 Å². The van der Waals surface area contributed by atoms with Crippen molar-refractivity contribution in [1.29, 1.82) is 0 Å². The number of rotatable bonds is 6. The lowest BCUT2D eigenvalue weighted by molar-refractivity contribution is -0.163. The molecule has 0 aliphatic carbocycles. The van der Waals surface area contributed by atoms with Gasteiger partial charge in [0.25, 0.3) is 0 Å². The van der Waals surface area contributed by atoms with E-state index in [0.29, 0.717) is 11.6 Å². The highest BCUT2D eigenvalue weighted by molar-refractivity contribution is 7.99. The highest BCUT2D eigenvalue weighted by atomic mass is 32.2. The molecule has 1 saturated heterocycles. The Morgan fingerprint density at radius 2 is 2.21 bits per heavy atom. The summed E-state index contributed by atoms with van der Waals surface area (Å²) in [5.74, 6) is -0.514. The molecule has 0 aromatic carbocycles. The SMILES string of the molecule is CC(=O)NCSCC(C)C(=O)OC(=O)[C@@H]1CCCN1. The summed E-state index contributed by atoms with van der Waals surface area (Å²) in [5.41, 5.74) is 0. The smallest absolute Gasteiger partial charge is 0.330 e. The van der Waals surface area contributed by atoms with Crippen molar-refractivity contribution in [2.75, 3.05) is 18.2 Å². The van der Waals surface area contributed by atoms with Crippen LogP contribution in [0, 0.1) is 5.92 Å². The Morgan fingerprint density at radius 3 is 2.79 bits per heavy atom. The summed E-state index contributed by atoms with van der Waals surface area (Å²) in [5, 5.41) is 5.61. The van der Waals surface area contributed by atoms with Crippen molar-refractivity contribution >= 4 is 29.6 Å². The molecular weight excluding hydrogens is 268 g/mol. The zero-order valence-corrected chi connectivity index (χ0v) is 12.0. The molecule has 19 heavy (non-hydrogen) atoms. The molecule has 1 amide bonds. The monoisotopic (exact) mass is 288 g/mol. The summed E-state index contributed by atoms with van der Waals surface area (Å²) >= 11 is 1.42. The largest absolute Gasteiger partial charge is 0.392 e. The van der Waals surface area contributed by atoms with Crippen LogP contribution in [0.2, 0.25) is 0 Å². The molecule has 1 aliphatic rings. The van der Waals surface area contributed by atoms with Gasteiger partial charge in [-0.15, -0.1) is 11.8 Å². The van der Waals surface area contributed by atoms with Gasteiger partial charge in [0, 0.05) is 12.7 Å². The quantitative estimate of drug-likeness (QED) is 0.316. The number of esters is 2. The number of nitrogens with one attached hydrogen (secondary N) is 2. The molecular formula is C12H20N2O4S. The molecule has 0 bridgehead atoms. The summed E-state index contributed by atoms with van der Waals surface area (Å²) < 4.78 is 4.83. The van der Waals surface area contributed by atoms with Crippen LogP contribution in [0.5, 0.6) is 0 Å². The molecule has 0 radical (unpaired) electrons. The number of hydrogen-bond acceptors (Lipinski definition) is 6. The minimum Gasteiger partial charge on any atom is -0.392 e. The van der Waals surface area contributed by atoms with Crippen LogP contribution in [0.4, 0.5) is 0 Å². The van der Waals surface area contributed by atoms with Crippen molar-refractivity contribution in [1.82, 2.24) is 10.6 Å². The maximum absolute atomic E-state index is 11.7. The molecule has 7 heteroatoms. The zero-order valence-electron chi connectivity index (χ0n) is 11.2. The molecule has 2 N–H and O–H groups in total. The van der Waals surface area contributed by atoms with E-state index in [-0.39, 0.29) is 17.9 Å². The van der Waals surface area contributed by atoms with Gasteiger partial charge < -0.3 is 15.4 Å². The number of amides is 1. The van der Waals surface area contributed by atoms with Crippen LogP contribution in [0.1, 0.15) is 26.7 Å². The van der Waals surface area contributed by atoms with E-state index in [0.717, 1.165) is 19.4 Å². The summed E-state index contributed by atoms with van der Waals surface area (Å²) in [6.07, 6.45) is 1.65. The molecule has 0 aromatic rings. The van der Waals surface area contributed by atoms with E-state index in [9.17, 15) is 14.4 Å². The molecule has 6 nitrogen and oxygen atoms in total. The Morgan fingerprint density at radius 1 is 1.47 bits per heavy atom. The van der Waals surface area contributed by atoms with Gasteiger partial charge in [0.05, 0.1) is 11.8 Å². The van der Waals surface area contributed by atoms with Gasteiger partial charge in [-0.2, -0.15) is 0 Å². The fourth-order valence-corrected chi connectivity index (χ4v) is 2.53. The predicted molar refractivity (Wildman–Crippen MR) is 72.4 cm³/mol. The van der Waals surface area contributed by atoms with Crippen LogP contribution in [0.3, 0.4) is 0 Å². The van der Waals surface area contributed by atoms with Crippen molar-refractivity contribution in [3.63, 3.8) is 0 Å². The van der Waals surface area contributed by atoms with Crippen molar-refractivity contribution in [3.05, 3.63) is 0 Å². The maximum Gasteiger partial charge on any atom is 0.330 e. The molecule has 1 fully saturated rings. The van der Waals surface area contributed by atoms with Gasteiger partial charge in [0.15, 0.2) is 0 Å². The first-order valence-corrected chi connectivity index (χ1v) is 7.47. The Balaban J connectivity index is 2.20. The van der Waals surface area contributed by atoms with E-state index in [1.165, 1.54) is 18.7 Å². The van der Waals surface area contributed by atoms with Gasteiger partial charge in [0.1, 0.15) is 6.04 Å². The van der Waals surface area contributed by atoms with Gasteiger partial charge in [0.2, 0.25) is 5.91 Å². The summed E-state index contributed by atoms with van der Waals surface area (Å²) in [7, 11) is 0. The van der Waals surface area contributed by atoms with E-state index < -0.39 is 11.9 Å². The Labute approximate surface area is 117 Å². The molecule has 1 aliphatic heterocycles. The average Bonchev–Trinajstić information content (AvgIpc) is 2.87. The first kappa shape index (κ1) is 16.0. The number of hydrogen-bond donors (Lipinski definition) is 2. The predicted octanol–water partition coefficient (Wildman–Crippen LogP) is 0.271. The molecule has 108 valence electrons. The highest BCUT2D eigenvalue weighted by Crippen LogP contribution is 2.11. The summed E-state index contributed by atoms with van der Waals surface area (Å²) in [6, 6.07) is -0.344. The Bertz CT molecular complexity index is 343. The fourth-order valence-electron chi connectivity index (χ4n) is 1.61. The van der Waals surface area contributed by atoms with E-state index >= 15 is 0 Å². The second-order valence-electron chi connectivity index (χ2n) is 4.54. The third kappa shape index (κ3) is 6.07. The third-order valence-electron chi connectivity index (χ3n) is 2.74. The molecule has 1 unspecified atom stereocenters. The Kier molecular flexibility index (Phi) is 6.86. The van der Waals surface area contributed by atoms with Gasteiger partial charge in [-0.1, -0.05) is 6.92 Å². The number of thioether (sulfide) groups is 1. The third-order valence-corrected chi connectivity index (χ3v) is 3.82. The molecule has 0 spiro atoms. The lowest BCUT2D eigenvalue weighted by Crippen LogP contribution is -2.35. The van der Waals surface area contributed by atoms with Crippen LogP contribution in [0.15, 0.2) is 0 Å². The van der Waals surface area contributed by atoms with Crippen molar-refractivity contribution in [2.45, 2.75) is 32.7 Å². The van der Waals surface area contributed by atoms with Crippen molar-refractivity contribution in [2.24, 2.45) is 5.92 Å². The minimum absolute atomic E-state index is 0.106. The molecule has 1 heterocycles. The van der Waals surface area contributed by atoms with E-state index in [1.807, 2.05) is 0 Å². The Hall–Kier alpha value is -1.08. The normalized spacial score (nSPS) is 19.8. The lowest BCUT2D eigenvalue weighted by atomic mass is 10.2. The fraction of sp³-hybridized carbons (Fsp3) is 0.750. The van der Waals surface area contributed by atoms with Gasteiger partial charge in [-0.3, -0.25) is 9.59 Å². The molecule has 2 atom stereocenters. The average molecular weight is 288 g/mol.